The summed E-state index contributed by atoms with van der Waals surface area (Å²) in [6, 6.07) is 23.1. The molecule has 0 aliphatic heterocycles. The van der Waals surface area contributed by atoms with Gasteiger partial charge in [-0.05, 0) is 49.3 Å². The normalized spacial score (nSPS) is 29.7. The fourth-order valence-electron chi connectivity index (χ4n) is 4.72. The van der Waals surface area contributed by atoms with Crippen LogP contribution < -0.4 is 5.32 Å². The highest BCUT2D eigenvalue weighted by Crippen LogP contribution is 2.62. The number of hydrogen-bond acceptors (Lipinski definition) is 1. The van der Waals surface area contributed by atoms with Crippen molar-refractivity contribution in [2.24, 2.45) is 11.8 Å². The number of fused-ring (bicyclic) bond motifs is 1. The molecule has 2 aromatic carbocycles. The summed E-state index contributed by atoms with van der Waals surface area (Å²) in [7, 11) is 2.12. The summed E-state index contributed by atoms with van der Waals surface area (Å²) in [6.07, 6.45) is 3.91. The Bertz CT molecular complexity index is 565. The number of rotatable bonds is 3. The molecule has 0 bridgehead atoms. The molecule has 0 heterocycles. The van der Waals surface area contributed by atoms with Crippen molar-refractivity contribution >= 4 is 0 Å². The molecule has 1 N–H and O–H groups in total. The molecule has 21 heavy (non-hydrogen) atoms. The lowest BCUT2D eigenvalue weighted by Crippen LogP contribution is -2.41. The Kier molecular flexibility index (Phi) is 3.11. The molecule has 1 nitrogen and oxygen atoms in total. The second-order valence-electron chi connectivity index (χ2n) is 6.64. The van der Waals surface area contributed by atoms with Crippen LogP contribution in [0.3, 0.4) is 0 Å². The first-order valence-corrected chi connectivity index (χ1v) is 8.14. The lowest BCUT2D eigenvalue weighted by Gasteiger charge is -2.41. The van der Waals surface area contributed by atoms with Gasteiger partial charge < -0.3 is 5.32 Å². The Hall–Kier alpha value is -1.60. The van der Waals surface area contributed by atoms with E-state index < -0.39 is 0 Å². The molecular formula is C20H23N. The molecule has 3 atom stereocenters. The molecular weight excluding hydrogens is 254 g/mol. The predicted molar refractivity (Wildman–Crippen MR) is 87.3 cm³/mol. The maximum Gasteiger partial charge on any atom is 0.0235 e. The Labute approximate surface area is 127 Å². The van der Waals surface area contributed by atoms with Crippen LogP contribution in [0, 0.1) is 11.8 Å². The average Bonchev–Trinajstić information content (AvgIpc) is 3.36. The van der Waals surface area contributed by atoms with Gasteiger partial charge in [0, 0.05) is 11.5 Å². The fourth-order valence-corrected chi connectivity index (χ4v) is 4.72. The third kappa shape index (κ3) is 1.95. The van der Waals surface area contributed by atoms with Gasteiger partial charge in [-0.25, -0.2) is 0 Å². The minimum Gasteiger partial charge on any atom is -0.317 e. The minimum atomic E-state index is 0.237. The molecule has 1 heteroatoms. The van der Waals surface area contributed by atoms with Gasteiger partial charge in [0.05, 0.1) is 0 Å². The average molecular weight is 277 g/mol. The molecule has 2 aliphatic rings. The second-order valence-corrected chi connectivity index (χ2v) is 6.64. The Morgan fingerprint density at radius 1 is 0.905 bits per heavy atom. The predicted octanol–water partition coefficient (Wildman–Crippen LogP) is 3.99. The zero-order chi connectivity index (χ0) is 14.3. The summed E-state index contributed by atoms with van der Waals surface area (Å²) in [5, 5.41) is 3.54. The second kappa shape index (κ2) is 4.99. The number of hydrogen-bond donors (Lipinski definition) is 1. The van der Waals surface area contributed by atoms with E-state index in [0.717, 1.165) is 17.9 Å². The Morgan fingerprint density at radius 3 is 2.00 bits per heavy atom. The maximum atomic E-state index is 3.54. The quantitative estimate of drug-likeness (QED) is 0.894. The van der Waals surface area contributed by atoms with Crippen LogP contribution in [0.2, 0.25) is 0 Å². The smallest absolute Gasteiger partial charge is 0.0235 e. The molecule has 3 unspecified atom stereocenters. The van der Waals surface area contributed by atoms with E-state index in [2.05, 4.69) is 73.0 Å². The van der Waals surface area contributed by atoms with Gasteiger partial charge in [-0.1, -0.05) is 60.7 Å². The lowest BCUT2D eigenvalue weighted by atomic mass is 9.64. The van der Waals surface area contributed by atoms with Crippen LogP contribution >= 0.6 is 0 Å². The molecule has 2 fully saturated rings. The Balaban J connectivity index is 1.82. The van der Waals surface area contributed by atoms with Crippen molar-refractivity contribution in [2.75, 3.05) is 7.05 Å². The summed E-state index contributed by atoms with van der Waals surface area (Å²) in [4.78, 5) is 0. The van der Waals surface area contributed by atoms with E-state index in [-0.39, 0.29) is 5.41 Å². The van der Waals surface area contributed by atoms with Crippen molar-refractivity contribution in [3.05, 3.63) is 71.8 Å². The molecule has 0 saturated heterocycles. The summed E-state index contributed by atoms with van der Waals surface area (Å²) in [5.74, 6) is 1.65. The van der Waals surface area contributed by atoms with Crippen LogP contribution in [0.25, 0.3) is 0 Å². The third-order valence-electron chi connectivity index (χ3n) is 5.79. The number of nitrogens with one attached hydrogen (secondary N) is 1. The van der Waals surface area contributed by atoms with E-state index in [1.165, 1.54) is 30.4 Å². The summed E-state index contributed by atoms with van der Waals surface area (Å²) in [5.41, 5.74) is 3.26. The van der Waals surface area contributed by atoms with Crippen molar-refractivity contribution in [2.45, 2.75) is 30.7 Å². The highest BCUT2D eigenvalue weighted by Gasteiger charge is 2.59. The van der Waals surface area contributed by atoms with Gasteiger partial charge in [0.1, 0.15) is 0 Å². The largest absolute Gasteiger partial charge is 0.317 e. The summed E-state index contributed by atoms with van der Waals surface area (Å²) < 4.78 is 0. The van der Waals surface area contributed by atoms with Gasteiger partial charge in [-0.2, -0.15) is 0 Å². The van der Waals surface area contributed by atoms with Gasteiger partial charge in [0.15, 0.2) is 0 Å². The molecule has 2 aromatic rings. The van der Waals surface area contributed by atoms with Gasteiger partial charge >= 0.3 is 0 Å². The van der Waals surface area contributed by atoms with Crippen molar-refractivity contribution < 1.29 is 0 Å². The minimum absolute atomic E-state index is 0.237. The fraction of sp³-hybridized carbons (Fsp3) is 0.400. The summed E-state index contributed by atoms with van der Waals surface area (Å²) in [6.45, 7) is 0. The summed E-state index contributed by atoms with van der Waals surface area (Å²) >= 11 is 0. The van der Waals surface area contributed by atoms with Gasteiger partial charge in [-0.3, -0.25) is 0 Å². The zero-order valence-electron chi connectivity index (χ0n) is 12.6. The van der Waals surface area contributed by atoms with Crippen molar-refractivity contribution in [3.8, 4) is 0 Å². The zero-order valence-corrected chi connectivity index (χ0v) is 12.6. The van der Waals surface area contributed by atoms with Crippen LogP contribution in [-0.2, 0) is 5.41 Å². The van der Waals surface area contributed by atoms with E-state index in [4.69, 9.17) is 0 Å². The van der Waals surface area contributed by atoms with Crippen molar-refractivity contribution in [1.29, 1.82) is 0 Å². The Morgan fingerprint density at radius 2 is 1.48 bits per heavy atom. The monoisotopic (exact) mass is 277 g/mol. The first-order valence-electron chi connectivity index (χ1n) is 8.14. The maximum absolute atomic E-state index is 3.54. The molecule has 2 saturated carbocycles. The van der Waals surface area contributed by atoms with E-state index in [1.807, 2.05) is 0 Å². The molecule has 108 valence electrons. The lowest BCUT2D eigenvalue weighted by molar-refractivity contribution is 0.274. The van der Waals surface area contributed by atoms with Crippen LogP contribution in [0.15, 0.2) is 60.7 Å². The van der Waals surface area contributed by atoms with Crippen LogP contribution in [0.4, 0.5) is 0 Å². The van der Waals surface area contributed by atoms with E-state index >= 15 is 0 Å². The topological polar surface area (TPSA) is 12.0 Å². The van der Waals surface area contributed by atoms with Crippen molar-refractivity contribution in [3.63, 3.8) is 0 Å². The number of benzene rings is 2. The molecule has 2 aliphatic carbocycles. The highest BCUT2D eigenvalue weighted by molar-refractivity contribution is 5.43. The first-order chi connectivity index (χ1) is 10.4. The molecule has 0 amide bonds. The molecule has 4 rings (SSSR count). The van der Waals surface area contributed by atoms with E-state index in [1.54, 1.807) is 0 Å². The highest BCUT2D eigenvalue weighted by atomic mass is 14.9. The van der Waals surface area contributed by atoms with E-state index in [9.17, 15) is 0 Å². The third-order valence-corrected chi connectivity index (χ3v) is 5.79. The molecule has 0 aromatic heterocycles. The molecule has 0 radical (unpaired) electrons. The van der Waals surface area contributed by atoms with Gasteiger partial charge in [0.2, 0.25) is 0 Å². The SMILES string of the molecule is CNC1CCC(c2ccccc2)(c2ccccc2)C2CC12. The van der Waals surface area contributed by atoms with Crippen LogP contribution in [0.5, 0.6) is 0 Å². The van der Waals surface area contributed by atoms with E-state index in [0.29, 0.717) is 0 Å². The van der Waals surface area contributed by atoms with Crippen molar-refractivity contribution in [1.82, 2.24) is 5.32 Å². The standard InChI is InChI=1S/C20H23N/c1-21-19-12-13-20(18-14-17(18)19,15-8-4-2-5-9-15)16-10-6-3-7-11-16/h2-11,17-19,21H,12-14H2,1H3. The van der Waals surface area contributed by atoms with Gasteiger partial charge in [0.25, 0.3) is 0 Å². The van der Waals surface area contributed by atoms with Crippen LogP contribution in [-0.4, -0.2) is 13.1 Å². The molecule has 0 spiro atoms. The van der Waals surface area contributed by atoms with Gasteiger partial charge in [-0.15, -0.1) is 0 Å². The van der Waals surface area contributed by atoms with Crippen LogP contribution in [0.1, 0.15) is 30.4 Å². The first kappa shape index (κ1) is 13.1.